The van der Waals surface area contributed by atoms with Gasteiger partial charge in [0.1, 0.15) is 5.76 Å². The van der Waals surface area contributed by atoms with Crippen LogP contribution in [0.5, 0.6) is 0 Å². The number of hydrogen-bond donors (Lipinski definition) is 2. The second kappa shape index (κ2) is 5.07. The molecular weight excluding hydrogens is 264 g/mol. The summed E-state index contributed by atoms with van der Waals surface area (Å²) in [5.74, 6) is 0.558. The molecule has 0 unspecified atom stereocenters. The average Bonchev–Trinajstić information content (AvgIpc) is 2.85. The third-order valence-electron chi connectivity index (χ3n) is 2.93. The first-order chi connectivity index (χ1) is 8.92. The van der Waals surface area contributed by atoms with Gasteiger partial charge in [-0.3, -0.25) is 0 Å². The molecule has 0 fully saturated rings. The van der Waals surface area contributed by atoms with E-state index in [-0.39, 0.29) is 11.4 Å². The lowest BCUT2D eigenvalue weighted by Crippen LogP contribution is -2.25. The molecule has 0 spiro atoms. The highest BCUT2D eigenvalue weighted by molar-refractivity contribution is 7.89. The number of furan rings is 1. The van der Waals surface area contributed by atoms with E-state index in [1.165, 1.54) is 6.26 Å². The zero-order valence-electron chi connectivity index (χ0n) is 10.8. The van der Waals surface area contributed by atoms with Crippen LogP contribution in [0, 0.1) is 13.8 Å². The highest BCUT2D eigenvalue weighted by Gasteiger charge is 2.20. The summed E-state index contributed by atoms with van der Waals surface area (Å²) >= 11 is 0. The first kappa shape index (κ1) is 13.6. The highest BCUT2D eigenvalue weighted by Crippen LogP contribution is 2.24. The average molecular weight is 280 g/mol. The summed E-state index contributed by atoms with van der Waals surface area (Å²) in [6.45, 7) is 3.56. The minimum Gasteiger partial charge on any atom is -0.468 e. The molecule has 6 heteroatoms. The van der Waals surface area contributed by atoms with Crippen molar-refractivity contribution in [3.63, 3.8) is 0 Å². The fourth-order valence-corrected chi connectivity index (χ4v) is 3.40. The lowest BCUT2D eigenvalue weighted by molar-refractivity contribution is 0.498. The van der Waals surface area contributed by atoms with E-state index < -0.39 is 10.0 Å². The van der Waals surface area contributed by atoms with Crippen LogP contribution in [-0.4, -0.2) is 8.42 Å². The summed E-state index contributed by atoms with van der Waals surface area (Å²) < 4.78 is 32.2. The van der Waals surface area contributed by atoms with Gasteiger partial charge in [0.15, 0.2) is 0 Å². The number of aryl methyl sites for hydroxylation is 1. The Labute approximate surface area is 112 Å². The molecule has 1 aromatic carbocycles. The van der Waals surface area contributed by atoms with E-state index in [1.807, 2.05) is 0 Å². The topological polar surface area (TPSA) is 85.3 Å². The molecule has 0 amide bonds. The number of hydrogen-bond acceptors (Lipinski definition) is 4. The number of sulfonamides is 1. The predicted octanol–water partition coefficient (Wildman–Crippen LogP) is 1.96. The number of rotatable bonds is 4. The lowest BCUT2D eigenvalue weighted by Gasteiger charge is -2.13. The van der Waals surface area contributed by atoms with Crippen molar-refractivity contribution >= 4 is 15.7 Å². The van der Waals surface area contributed by atoms with Crippen LogP contribution in [0.1, 0.15) is 16.9 Å². The predicted molar refractivity (Wildman–Crippen MR) is 73.1 cm³/mol. The molecule has 0 saturated heterocycles. The molecule has 1 heterocycles. The van der Waals surface area contributed by atoms with Gasteiger partial charge in [0.2, 0.25) is 10.0 Å². The number of nitrogens with two attached hydrogens (primary N) is 1. The molecule has 0 aliphatic carbocycles. The van der Waals surface area contributed by atoms with Gasteiger partial charge < -0.3 is 10.2 Å². The highest BCUT2D eigenvalue weighted by atomic mass is 32.2. The van der Waals surface area contributed by atoms with E-state index in [9.17, 15) is 8.42 Å². The van der Waals surface area contributed by atoms with Gasteiger partial charge >= 0.3 is 0 Å². The van der Waals surface area contributed by atoms with Crippen molar-refractivity contribution in [1.29, 1.82) is 0 Å². The number of nitrogen functional groups attached to an aromatic ring is 1. The van der Waals surface area contributed by atoms with Crippen molar-refractivity contribution in [1.82, 2.24) is 4.72 Å². The van der Waals surface area contributed by atoms with Crippen LogP contribution in [0.15, 0.2) is 39.8 Å². The molecule has 5 nitrogen and oxygen atoms in total. The summed E-state index contributed by atoms with van der Waals surface area (Å²) in [6.07, 6.45) is 1.50. The summed E-state index contributed by atoms with van der Waals surface area (Å²) in [5.41, 5.74) is 7.46. The Morgan fingerprint density at radius 1 is 1.26 bits per heavy atom. The number of nitrogens with one attached hydrogen (secondary N) is 1. The first-order valence-electron chi connectivity index (χ1n) is 5.79. The van der Waals surface area contributed by atoms with Gasteiger partial charge in [0.25, 0.3) is 0 Å². The van der Waals surface area contributed by atoms with Crippen LogP contribution in [-0.2, 0) is 16.6 Å². The van der Waals surface area contributed by atoms with E-state index >= 15 is 0 Å². The Hall–Kier alpha value is -1.79. The standard InChI is InChI=1S/C13H16N2O3S/c1-9-5-6-12(14)10(2)13(9)19(16,17)15-8-11-4-3-7-18-11/h3-7,15H,8,14H2,1-2H3. The largest absolute Gasteiger partial charge is 0.468 e. The van der Waals surface area contributed by atoms with E-state index in [1.54, 1.807) is 38.1 Å². The third-order valence-corrected chi connectivity index (χ3v) is 4.62. The van der Waals surface area contributed by atoms with E-state index in [4.69, 9.17) is 10.2 Å². The van der Waals surface area contributed by atoms with Crippen LogP contribution in [0.25, 0.3) is 0 Å². The van der Waals surface area contributed by atoms with Crippen molar-refractivity contribution in [2.75, 3.05) is 5.73 Å². The molecule has 102 valence electrons. The van der Waals surface area contributed by atoms with Crippen molar-refractivity contribution in [2.24, 2.45) is 0 Å². The number of benzene rings is 1. The Kier molecular flexibility index (Phi) is 3.64. The van der Waals surface area contributed by atoms with Gasteiger partial charge in [0, 0.05) is 5.69 Å². The van der Waals surface area contributed by atoms with E-state index in [2.05, 4.69) is 4.72 Å². The smallest absolute Gasteiger partial charge is 0.241 e. The fourth-order valence-electron chi connectivity index (χ4n) is 1.91. The molecule has 2 rings (SSSR count). The van der Waals surface area contributed by atoms with Crippen LogP contribution >= 0.6 is 0 Å². The SMILES string of the molecule is Cc1ccc(N)c(C)c1S(=O)(=O)NCc1ccco1. The third kappa shape index (κ3) is 2.80. The summed E-state index contributed by atoms with van der Waals surface area (Å²) in [7, 11) is -3.61. The van der Waals surface area contributed by atoms with Gasteiger partial charge in [-0.15, -0.1) is 0 Å². The van der Waals surface area contributed by atoms with Crippen molar-refractivity contribution in [2.45, 2.75) is 25.3 Å². The van der Waals surface area contributed by atoms with Crippen LogP contribution in [0.2, 0.25) is 0 Å². The van der Waals surface area contributed by atoms with E-state index in [0.717, 1.165) is 0 Å². The van der Waals surface area contributed by atoms with Gasteiger partial charge in [-0.25, -0.2) is 13.1 Å². The second-order valence-corrected chi connectivity index (χ2v) is 6.03. The Morgan fingerprint density at radius 3 is 2.63 bits per heavy atom. The minimum absolute atomic E-state index is 0.114. The normalized spacial score (nSPS) is 11.7. The molecule has 0 radical (unpaired) electrons. The van der Waals surface area contributed by atoms with Crippen LogP contribution in [0.3, 0.4) is 0 Å². The summed E-state index contributed by atoms with van der Waals surface area (Å²) in [6, 6.07) is 6.82. The van der Waals surface area contributed by atoms with Gasteiger partial charge in [-0.1, -0.05) is 6.07 Å². The monoisotopic (exact) mass is 280 g/mol. The molecule has 0 saturated carbocycles. The second-order valence-electron chi connectivity index (χ2n) is 4.33. The summed E-state index contributed by atoms with van der Waals surface area (Å²) in [5, 5.41) is 0. The Bertz CT molecular complexity index is 676. The zero-order valence-corrected chi connectivity index (χ0v) is 11.6. The van der Waals surface area contributed by atoms with Gasteiger partial charge in [-0.05, 0) is 43.2 Å². The maximum Gasteiger partial charge on any atom is 0.241 e. The lowest BCUT2D eigenvalue weighted by atomic mass is 10.1. The van der Waals surface area contributed by atoms with Crippen molar-refractivity contribution < 1.29 is 12.8 Å². The molecule has 19 heavy (non-hydrogen) atoms. The van der Waals surface area contributed by atoms with Crippen LogP contribution < -0.4 is 10.5 Å². The van der Waals surface area contributed by atoms with E-state index in [0.29, 0.717) is 22.6 Å². The first-order valence-corrected chi connectivity index (χ1v) is 7.28. The van der Waals surface area contributed by atoms with Crippen molar-refractivity contribution in [3.05, 3.63) is 47.4 Å². The zero-order chi connectivity index (χ0) is 14.0. The molecule has 0 atom stereocenters. The molecular formula is C13H16N2O3S. The van der Waals surface area contributed by atoms with Gasteiger partial charge in [0.05, 0.1) is 17.7 Å². The molecule has 0 aliphatic heterocycles. The summed E-state index contributed by atoms with van der Waals surface area (Å²) in [4.78, 5) is 0.235. The molecule has 0 bridgehead atoms. The maximum absolute atomic E-state index is 12.3. The Balaban J connectivity index is 2.32. The molecule has 3 N–H and O–H groups in total. The maximum atomic E-state index is 12.3. The van der Waals surface area contributed by atoms with Gasteiger partial charge in [-0.2, -0.15) is 0 Å². The Morgan fingerprint density at radius 2 is 2.00 bits per heavy atom. The number of anilines is 1. The fraction of sp³-hybridized carbons (Fsp3) is 0.231. The molecule has 1 aromatic heterocycles. The van der Waals surface area contributed by atoms with Crippen molar-refractivity contribution in [3.8, 4) is 0 Å². The van der Waals surface area contributed by atoms with Crippen LogP contribution in [0.4, 0.5) is 5.69 Å². The minimum atomic E-state index is -3.61. The quantitative estimate of drug-likeness (QED) is 0.838. The molecule has 2 aromatic rings. The molecule has 0 aliphatic rings.